The number of amides is 1. The first kappa shape index (κ1) is 17.5. The summed E-state index contributed by atoms with van der Waals surface area (Å²) in [6.45, 7) is 8.22. The van der Waals surface area contributed by atoms with Crippen LogP contribution in [0.1, 0.15) is 25.0 Å². The molecule has 118 valence electrons. The lowest BCUT2D eigenvalue weighted by molar-refractivity contribution is -0.121. The molecule has 1 aromatic rings. The molecule has 0 aromatic heterocycles. The lowest BCUT2D eigenvalue weighted by Gasteiger charge is -2.21. The molecule has 5 nitrogen and oxygen atoms in total. The third kappa shape index (κ3) is 5.73. The first-order valence-corrected chi connectivity index (χ1v) is 7.22. The Labute approximate surface area is 126 Å². The summed E-state index contributed by atoms with van der Waals surface area (Å²) in [7, 11) is 0. The van der Waals surface area contributed by atoms with Crippen molar-refractivity contribution >= 4 is 5.91 Å². The number of carbonyl (C=O) groups is 1. The number of aliphatic hydroxyl groups excluding tert-OH is 1. The fraction of sp³-hybridized carbons (Fsp3) is 0.562. The van der Waals surface area contributed by atoms with E-state index in [9.17, 15) is 9.90 Å². The molecule has 2 atom stereocenters. The quantitative estimate of drug-likeness (QED) is 0.671. The molecule has 2 unspecified atom stereocenters. The van der Waals surface area contributed by atoms with E-state index in [2.05, 4.69) is 5.32 Å². The van der Waals surface area contributed by atoms with Crippen molar-refractivity contribution in [2.45, 2.75) is 39.8 Å². The predicted octanol–water partition coefficient (Wildman–Crippen LogP) is 1.14. The molecule has 0 spiro atoms. The Balaban J connectivity index is 2.43. The van der Waals surface area contributed by atoms with E-state index in [0.29, 0.717) is 0 Å². The van der Waals surface area contributed by atoms with Crippen molar-refractivity contribution in [2.24, 2.45) is 11.7 Å². The average molecular weight is 294 g/mol. The molecule has 0 aliphatic heterocycles. The smallest absolute Gasteiger partial charge is 0.234 e. The maximum atomic E-state index is 11.3. The van der Waals surface area contributed by atoms with Crippen molar-refractivity contribution in [3.8, 4) is 5.75 Å². The van der Waals surface area contributed by atoms with E-state index in [1.807, 2.05) is 45.9 Å². The Morgan fingerprint density at radius 3 is 2.57 bits per heavy atom. The van der Waals surface area contributed by atoms with Crippen LogP contribution < -0.4 is 15.8 Å². The normalized spacial score (nSPS) is 14.0. The Hall–Kier alpha value is -1.59. The number of aryl methyl sites for hydroxylation is 2. The van der Waals surface area contributed by atoms with Gasteiger partial charge in [0.2, 0.25) is 5.91 Å². The number of aliphatic hydroxyl groups is 1. The Bertz CT molecular complexity index is 475. The van der Waals surface area contributed by atoms with Crippen LogP contribution in [0.3, 0.4) is 0 Å². The summed E-state index contributed by atoms with van der Waals surface area (Å²) in [6, 6.07) is 5.45. The Morgan fingerprint density at radius 2 is 2.05 bits per heavy atom. The molecule has 1 aromatic carbocycles. The molecule has 0 aliphatic carbocycles. The van der Waals surface area contributed by atoms with E-state index in [0.717, 1.165) is 11.3 Å². The summed E-state index contributed by atoms with van der Waals surface area (Å²) >= 11 is 0. The highest BCUT2D eigenvalue weighted by Gasteiger charge is 2.20. The van der Waals surface area contributed by atoms with Gasteiger partial charge < -0.3 is 20.9 Å². The van der Waals surface area contributed by atoms with E-state index >= 15 is 0 Å². The first-order valence-electron chi connectivity index (χ1n) is 7.22. The van der Waals surface area contributed by atoms with Gasteiger partial charge in [0.1, 0.15) is 18.5 Å². The zero-order valence-corrected chi connectivity index (χ0v) is 13.2. The summed E-state index contributed by atoms with van der Waals surface area (Å²) in [5.74, 6) is 0.428. The number of nitrogens with two attached hydrogens (primary N) is 1. The number of ether oxygens (including phenoxy) is 1. The van der Waals surface area contributed by atoms with Crippen LogP contribution in [-0.2, 0) is 4.79 Å². The predicted molar refractivity (Wildman–Crippen MR) is 83.2 cm³/mol. The maximum absolute atomic E-state index is 11.3. The van der Waals surface area contributed by atoms with E-state index in [4.69, 9.17) is 10.5 Å². The van der Waals surface area contributed by atoms with Gasteiger partial charge in [0.05, 0.1) is 6.04 Å². The van der Waals surface area contributed by atoms with E-state index < -0.39 is 18.1 Å². The molecule has 0 heterocycles. The third-order valence-electron chi connectivity index (χ3n) is 3.31. The number of primary amides is 1. The molecule has 0 saturated heterocycles. The summed E-state index contributed by atoms with van der Waals surface area (Å²) in [5, 5.41) is 12.9. The van der Waals surface area contributed by atoms with Crippen molar-refractivity contribution in [1.29, 1.82) is 0 Å². The molecular weight excluding hydrogens is 268 g/mol. The van der Waals surface area contributed by atoms with Crippen LogP contribution in [0.25, 0.3) is 0 Å². The van der Waals surface area contributed by atoms with Crippen molar-refractivity contribution in [3.05, 3.63) is 29.3 Å². The second-order valence-electron chi connectivity index (χ2n) is 5.77. The molecule has 0 radical (unpaired) electrons. The lowest BCUT2D eigenvalue weighted by atomic mass is 10.0. The van der Waals surface area contributed by atoms with Gasteiger partial charge in [-0.1, -0.05) is 31.5 Å². The maximum Gasteiger partial charge on any atom is 0.234 e. The molecule has 5 heteroatoms. The van der Waals surface area contributed by atoms with E-state index in [1.165, 1.54) is 5.56 Å². The van der Waals surface area contributed by atoms with Crippen molar-refractivity contribution < 1.29 is 14.6 Å². The molecule has 0 aliphatic rings. The van der Waals surface area contributed by atoms with Crippen LogP contribution in [0.4, 0.5) is 0 Å². The topological polar surface area (TPSA) is 84.6 Å². The second kappa shape index (κ2) is 8.00. The Kier molecular flexibility index (Phi) is 6.65. The Morgan fingerprint density at radius 1 is 1.38 bits per heavy atom. The van der Waals surface area contributed by atoms with Crippen LogP contribution in [0.2, 0.25) is 0 Å². The minimum atomic E-state index is -0.702. The van der Waals surface area contributed by atoms with Gasteiger partial charge in [-0.25, -0.2) is 0 Å². The van der Waals surface area contributed by atoms with Gasteiger partial charge in [0.15, 0.2) is 0 Å². The molecule has 0 saturated carbocycles. The van der Waals surface area contributed by atoms with Gasteiger partial charge >= 0.3 is 0 Å². The lowest BCUT2D eigenvalue weighted by Crippen LogP contribution is -2.48. The minimum absolute atomic E-state index is 0.0787. The fourth-order valence-corrected chi connectivity index (χ4v) is 2.13. The number of hydrogen-bond donors (Lipinski definition) is 3. The first-order chi connectivity index (χ1) is 9.81. The summed E-state index contributed by atoms with van der Waals surface area (Å²) in [4.78, 5) is 11.3. The van der Waals surface area contributed by atoms with Gasteiger partial charge in [0, 0.05) is 6.54 Å². The van der Waals surface area contributed by atoms with Crippen LogP contribution in [0.5, 0.6) is 5.75 Å². The monoisotopic (exact) mass is 294 g/mol. The minimum Gasteiger partial charge on any atom is -0.491 e. The van der Waals surface area contributed by atoms with Gasteiger partial charge in [-0.15, -0.1) is 0 Å². The molecule has 1 amide bonds. The average Bonchev–Trinajstić information content (AvgIpc) is 2.37. The SMILES string of the molecule is Cc1ccc(OCC(O)CNC(C(N)=O)C(C)C)c(C)c1. The standard InChI is InChI=1S/C16H26N2O3/c1-10(2)15(16(17)20)18-8-13(19)9-21-14-6-5-11(3)7-12(14)4/h5-7,10,13,15,18-19H,8-9H2,1-4H3,(H2,17,20). The number of carbonyl (C=O) groups excluding carboxylic acids is 1. The molecule has 0 bridgehead atoms. The molecule has 1 rings (SSSR count). The molecular formula is C16H26N2O3. The van der Waals surface area contributed by atoms with Gasteiger partial charge in [-0.3, -0.25) is 4.79 Å². The summed E-state index contributed by atoms with van der Waals surface area (Å²) in [6.07, 6.45) is -0.702. The van der Waals surface area contributed by atoms with Crippen LogP contribution in [0, 0.1) is 19.8 Å². The molecule has 4 N–H and O–H groups in total. The summed E-state index contributed by atoms with van der Waals surface area (Å²) < 4.78 is 5.60. The summed E-state index contributed by atoms with van der Waals surface area (Å²) in [5.41, 5.74) is 7.51. The zero-order chi connectivity index (χ0) is 16.0. The van der Waals surface area contributed by atoms with Gasteiger partial charge in [0.25, 0.3) is 0 Å². The van der Waals surface area contributed by atoms with Crippen molar-refractivity contribution in [3.63, 3.8) is 0 Å². The number of nitrogens with one attached hydrogen (secondary N) is 1. The fourth-order valence-electron chi connectivity index (χ4n) is 2.13. The van der Waals surface area contributed by atoms with Crippen LogP contribution in [-0.4, -0.2) is 36.3 Å². The highest BCUT2D eigenvalue weighted by Crippen LogP contribution is 2.18. The largest absolute Gasteiger partial charge is 0.491 e. The third-order valence-corrected chi connectivity index (χ3v) is 3.31. The van der Waals surface area contributed by atoms with Crippen LogP contribution in [0.15, 0.2) is 18.2 Å². The van der Waals surface area contributed by atoms with Crippen LogP contribution >= 0.6 is 0 Å². The van der Waals surface area contributed by atoms with E-state index in [-0.39, 0.29) is 19.1 Å². The number of hydrogen-bond acceptors (Lipinski definition) is 4. The van der Waals surface area contributed by atoms with Crippen molar-refractivity contribution in [1.82, 2.24) is 5.32 Å². The number of rotatable bonds is 8. The highest BCUT2D eigenvalue weighted by atomic mass is 16.5. The molecule has 0 fully saturated rings. The highest BCUT2D eigenvalue weighted by molar-refractivity contribution is 5.80. The zero-order valence-electron chi connectivity index (χ0n) is 13.2. The van der Waals surface area contributed by atoms with Gasteiger partial charge in [-0.2, -0.15) is 0 Å². The van der Waals surface area contributed by atoms with Crippen molar-refractivity contribution in [2.75, 3.05) is 13.2 Å². The van der Waals surface area contributed by atoms with Gasteiger partial charge in [-0.05, 0) is 31.4 Å². The number of benzene rings is 1. The van der Waals surface area contributed by atoms with E-state index in [1.54, 1.807) is 0 Å². The second-order valence-corrected chi connectivity index (χ2v) is 5.77. The molecule has 21 heavy (non-hydrogen) atoms.